The van der Waals surface area contributed by atoms with Crippen LogP contribution in [0.25, 0.3) is 0 Å². The Hall–Kier alpha value is -0.900. The molecule has 17 heavy (non-hydrogen) atoms. The number of nitrogens with one attached hydrogen (secondary N) is 1. The highest BCUT2D eigenvalue weighted by Crippen LogP contribution is 2.09. The maximum absolute atomic E-state index is 5.55. The summed E-state index contributed by atoms with van der Waals surface area (Å²) in [6.07, 6.45) is 4.26. The second-order valence-corrected chi connectivity index (χ2v) is 4.52. The van der Waals surface area contributed by atoms with Gasteiger partial charge in [-0.15, -0.1) is 0 Å². The Balaban J connectivity index is 2.29. The number of hydrogen-bond donors (Lipinski definition) is 2. The van der Waals surface area contributed by atoms with E-state index in [0.29, 0.717) is 6.04 Å². The SMILES string of the molecule is COCCCC(CCc1ccc(C)cc1)NN. The van der Waals surface area contributed by atoms with Crippen molar-refractivity contribution in [2.24, 2.45) is 5.84 Å². The van der Waals surface area contributed by atoms with Crippen LogP contribution >= 0.6 is 0 Å². The molecule has 1 unspecified atom stereocenters. The van der Waals surface area contributed by atoms with E-state index in [1.165, 1.54) is 11.1 Å². The lowest BCUT2D eigenvalue weighted by molar-refractivity contribution is 0.188. The highest BCUT2D eigenvalue weighted by Gasteiger charge is 2.06. The zero-order chi connectivity index (χ0) is 12.5. The predicted molar refractivity (Wildman–Crippen MR) is 71.7 cm³/mol. The number of methoxy groups -OCH3 is 1. The van der Waals surface area contributed by atoms with E-state index in [9.17, 15) is 0 Å². The summed E-state index contributed by atoms with van der Waals surface area (Å²) in [5.74, 6) is 5.55. The molecule has 0 aliphatic heterocycles. The summed E-state index contributed by atoms with van der Waals surface area (Å²) in [6.45, 7) is 2.92. The van der Waals surface area contributed by atoms with Crippen LogP contribution in [0.4, 0.5) is 0 Å². The van der Waals surface area contributed by atoms with Crippen molar-refractivity contribution in [2.75, 3.05) is 13.7 Å². The molecule has 0 aliphatic carbocycles. The Bertz CT molecular complexity index is 298. The minimum atomic E-state index is 0.381. The molecule has 0 heterocycles. The molecule has 3 heteroatoms. The van der Waals surface area contributed by atoms with Crippen molar-refractivity contribution in [3.05, 3.63) is 35.4 Å². The summed E-state index contributed by atoms with van der Waals surface area (Å²) in [4.78, 5) is 0. The molecule has 0 spiro atoms. The fraction of sp³-hybridized carbons (Fsp3) is 0.571. The zero-order valence-electron chi connectivity index (χ0n) is 10.9. The predicted octanol–water partition coefficient (Wildman–Crippen LogP) is 2.19. The monoisotopic (exact) mass is 236 g/mol. The lowest BCUT2D eigenvalue weighted by Crippen LogP contribution is -2.35. The Morgan fingerprint density at radius 2 is 1.94 bits per heavy atom. The molecule has 0 saturated carbocycles. The van der Waals surface area contributed by atoms with Crippen LogP contribution in [0.15, 0.2) is 24.3 Å². The number of ether oxygens (including phenoxy) is 1. The van der Waals surface area contributed by atoms with Gasteiger partial charge in [0.2, 0.25) is 0 Å². The van der Waals surface area contributed by atoms with E-state index in [2.05, 4.69) is 36.6 Å². The Labute approximate surface area is 104 Å². The first-order valence-electron chi connectivity index (χ1n) is 6.27. The molecule has 96 valence electrons. The molecule has 0 saturated heterocycles. The van der Waals surface area contributed by atoms with Gasteiger partial charge in [-0.3, -0.25) is 11.3 Å². The Morgan fingerprint density at radius 1 is 1.24 bits per heavy atom. The van der Waals surface area contributed by atoms with E-state index < -0.39 is 0 Å². The van der Waals surface area contributed by atoms with E-state index in [-0.39, 0.29) is 0 Å². The van der Waals surface area contributed by atoms with Crippen molar-refractivity contribution in [3.63, 3.8) is 0 Å². The first-order chi connectivity index (χ1) is 8.26. The molecule has 0 radical (unpaired) electrons. The van der Waals surface area contributed by atoms with Gasteiger partial charge in [-0.05, 0) is 38.2 Å². The van der Waals surface area contributed by atoms with E-state index in [4.69, 9.17) is 10.6 Å². The Morgan fingerprint density at radius 3 is 2.53 bits per heavy atom. The Kier molecular flexibility index (Phi) is 6.86. The van der Waals surface area contributed by atoms with Crippen LogP contribution in [0.3, 0.4) is 0 Å². The van der Waals surface area contributed by atoms with Crippen LogP contribution in [0.2, 0.25) is 0 Å². The average molecular weight is 236 g/mol. The molecular formula is C14H24N2O. The first-order valence-corrected chi connectivity index (χ1v) is 6.27. The largest absolute Gasteiger partial charge is 0.385 e. The number of aryl methyl sites for hydroxylation is 2. The van der Waals surface area contributed by atoms with Crippen molar-refractivity contribution < 1.29 is 4.74 Å². The van der Waals surface area contributed by atoms with E-state index in [0.717, 1.165) is 32.3 Å². The molecular weight excluding hydrogens is 212 g/mol. The molecule has 1 rings (SSSR count). The third kappa shape index (κ3) is 5.82. The zero-order valence-corrected chi connectivity index (χ0v) is 10.9. The minimum absolute atomic E-state index is 0.381. The van der Waals surface area contributed by atoms with Crippen LogP contribution in [-0.4, -0.2) is 19.8 Å². The van der Waals surface area contributed by atoms with Gasteiger partial charge in [-0.25, -0.2) is 0 Å². The molecule has 0 fully saturated rings. The molecule has 1 aromatic carbocycles. The highest BCUT2D eigenvalue weighted by atomic mass is 16.5. The maximum Gasteiger partial charge on any atom is 0.0462 e. The van der Waals surface area contributed by atoms with Gasteiger partial charge in [0.05, 0.1) is 0 Å². The molecule has 3 N–H and O–H groups in total. The van der Waals surface area contributed by atoms with Gasteiger partial charge < -0.3 is 4.74 Å². The summed E-state index contributed by atoms with van der Waals surface area (Å²) < 4.78 is 5.04. The van der Waals surface area contributed by atoms with E-state index in [1.54, 1.807) is 7.11 Å². The average Bonchev–Trinajstić information content (AvgIpc) is 2.35. The van der Waals surface area contributed by atoms with Crippen LogP contribution in [0.5, 0.6) is 0 Å². The van der Waals surface area contributed by atoms with Gasteiger partial charge in [0.15, 0.2) is 0 Å². The number of rotatable bonds is 8. The molecule has 3 nitrogen and oxygen atoms in total. The van der Waals surface area contributed by atoms with Gasteiger partial charge in [0.25, 0.3) is 0 Å². The third-order valence-electron chi connectivity index (χ3n) is 3.04. The summed E-state index contributed by atoms with van der Waals surface area (Å²) in [7, 11) is 1.73. The van der Waals surface area contributed by atoms with Crippen molar-refractivity contribution in [3.8, 4) is 0 Å². The molecule has 0 aliphatic rings. The number of nitrogens with two attached hydrogens (primary N) is 1. The third-order valence-corrected chi connectivity index (χ3v) is 3.04. The standard InChI is InChI=1S/C14H24N2O/c1-12-5-7-13(8-6-12)9-10-14(16-15)4-3-11-17-2/h5-8,14,16H,3-4,9-11,15H2,1-2H3. The van der Waals surface area contributed by atoms with Crippen LogP contribution in [0, 0.1) is 6.92 Å². The molecule has 0 amide bonds. The summed E-state index contributed by atoms with van der Waals surface area (Å²) in [5.41, 5.74) is 5.57. The topological polar surface area (TPSA) is 47.3 Å². The van der Waals surface area contributed by atoms with Crippen LogP contribution in [0.1, 0.15) is 30.4 Å². The summed E-state index contributed by atoms with van der Waals surface area (Å²) >= 11 is 0. The van der Waals surface area contributed by atoms with Gasteiger partial charge in [0.1, 0.15) is 0 Å². The van der Waals surface area contributed by atoms with Crippen LogP contribution < -0.4 is 11.3 Å². The molecule has 1 aromatic rings. The van der Waals surface area contributed by atoms with Gasteiger partial charge in [0, 0.05) is 19.8 Å². The lowest BCUT2D eigenvalue weighted by atomic mass is 10.0. The summed E-state index contributed by atoms with van der Waals surface area (Å²) in [5, 5.41) is 0. The molecule has 1 atom stereocenters. The fourth-order valence-electron chi connectivity index (χ4n) is 1.88. The molecule has 0 aromatic heterocycles. The number of hydrogen-bond acceptors (Lipinski definition) is 3. The minimum Gasteiger partial charge on any atom is -0.385 e. The second-order valence-electron chi connectivity index (χ2n) is 4.52. The second kappa shape index (κ2) is 8.23. The van der Waals surface area contributed by atoms with Crippen molar-refractivity contribution in [2.45, 2.75) is 38.6 Å². The smallest absolute Gasteiger partial charge is 0.0462 e. The molecule has 0 bridgehead atoms. The quantitative estimate of drug-likeness (QED) is 0.413. The van der Waals surface area contributed by atoms with E-state index in [1.807, 2.05) is 0 Å². The number of benzene rings is 1. The van der Waals surface area contributed by atoms with Crippen molar-refractivity contribution in [1.82, 2.24) is 5.43 Å². The van der Waals surface area contributed by atoms with Gasteiger partial charge in [-0.2, -0.15) is 0 Å². The van der Waals surface area contributed by atoms with Gasteiger partial charge in [-0.1, -0.05) is 29.8 Å². The van der Waals surface area contributed by atoms with Gasteiger partial charge >= 0.3 is 0 Å². The highest BCUT2D eigenvalue weighted by molar-refractivity contribution is 5.21. The van der Waals surface area contributed by atoms with Crippen molar-refractivity contribution >= 4 is 0 Å². The first kappa shape index (κ1) is 14.2. The van der Waals surface area contributed by atoms with Crippen molar-refractivity contribution in [1.29, 1.82) is 0 Å². The normalized spacial score (nSPS) is 12.6. The number of hydrazine groups is 1. The van der Waals surface area contributed by atoms with E-state index >= 15 is 0 Å². The fourth-order valence-corrected chi connectivity index (χ4v) is 1.88. The lowest BCUT2D eigenvalue weighted by Gasteiger charge is -2.15. The maximum atomic E-state index is 5.55. The van der Waals surface area contributed by atoms with Crippen LogP contribution in [-0.2, 0) is 11.2 Å². The summed E-state index contributed by atoms with van der Waals surface area (Å²) in [6, 6.07) is 9.08.